The molecule has 2 rings (SSSR count). The van der Waals surface area contributed by atoms with Crippen molar-refractivity contribution in [1.29, 1.82) is 0 Å². The van der Waals surface area contributed by atoms with Gasteiger partial charge in [-0.15, -0.1) is 11.3 Å². The number of aliphatic carboxylic acids is 1. The number of nitrogens with zero attached hydrogens (tertiary/aromatic N) is 1. The number of thiazole rings is 1. The molecule has 0 saturated heterocycles. The Kier molecular flexibility index (Phi) is 3.86. The second-order valence-corrected chi connectivity index (χ2v) is 5.73. The SMILES string of the molecule is COCc1nc(C)c(C(=O)NC2(C(=O)O)CCC2)s1. The van der Waals surface area contributed by atoms with E-state index < -0.39 is 11.5 Å². The van der Waals surface area contributed by atoms with Crippen LogP contribution in [0.1, 0.15) is 39.6 Å². The molecule has 0 radical (unpaired) electrons. The van der Waals surface area contributed by atoms with Gasteiger partial charge in [0.1, 0.15) is 15.4 Å². The van der Waals surface area contributed by atoms with E-state index in [4.69, 9.17) is 4.74 Å². The maximum absolute atomic E-state index is 12.2. The first-order valence-corrected chi connectivity index (χ1v) is 6.81. The Hall–Kier alpha value is -1.47. The van der Waals surface area contributed by atoms with Crippen LogP contribution in [0.5, 0.6) is 0 Å². The van der Waals surface area contributed by atoms with Crippen molar-refractivity contribution >= 4 is 23.2 Å². The zero-order valence-corrected chi connectivity index (χ0v) is 11.7. The highest BCUT2D eigenvalue weighted by molar-refractivity contribution is 7.13. The zero-order valence-electron chi connectivity index (χ0n) is 10.9. The minimum Gasteiger partial charge on any atom is -0.480 e. The van der Waals surface area contributed by atoms with Crippen LogP contribution in [0.2, 0.25) is 0 Å². The van der Waals surface area contributed by atoms with Crippen LogP contribution < -0.4 is 5.32 Å². The summed E-state index contributed by atoms with van der Waals surface area (Å²) in [5.74, 6) is -1.33. The summed E-state index contributed by atoms with van der Waals surface area (Å²) in [5, 5.41) is 12.5. The second kappa shape index (κ2) is 5.26. The van der Waals surface area contributed by atoms with Gasteiger partial charge in [0.25, 0.3) is 5.91 Å². The van der Waals surface area contributed by atoms with Gasteiger partial charge in [-0.3, -0.25) is 4.79 Å². The first kappa shape index (κ1) is 14.0. The molecule has 104 valence electrons. The fraction of sp³-hybridized carbons (Fsp3) is 0.583. The second-order valence-electron chi connectivity index (χ2n) is 4.65. The molecule has 0 atom stereocenters. The molecule has 1 amide bonds. The van der Waals surface area contributed by atoms with Gasteiger partial charge in [0, 0.05) is 7.11 Å². The number of methoxy groups -OCH3 is 1. The van der Waals surface area contributed by atoms with Crippen LogP contribution in [0.3, 0.4) is 0 Å². The standard InChI is InChI=1S/C12H16N2O4S/c1-7-9(19-8(13-7)6-18-2)10(15)14-12(11(16)17)4-3-5-12/h3-6H2,1-2H3,(H,14,15)(H,16,17). The maximum Gasteiger partial charge on any atom is 0.329 e. The summed E-state index contributed by atoms with van der Waals surface area (Å²) in [6.45, 7) is 2.08. The van der Waals surface area contributed by atoms with Crippen molar-refractivity contribution in [2.24, 2.45) is 0 Å². The first-order chi connectivity index (χ1) is 8.98. The van der Waals surface area contributed by atoms with E-state index in [-0.39, 0.29) is 5.91 Å². The molecule has 0 aliphatic heterocycles. The lowest BCUT2D eigenvalue weighted by atomic mass is 9.76. The number of carboxylic acid groups (broad SMARTS) is 1. The van der Waals surface area contributed by atoms with Crippen LogP contribution in [0.4, 0.5) is 0 Å². The van der Waals surface area contributed by atoms with Gasteiger partial charge in [-0.25, -0.2) is 9.78 Å². The van der Waals surface area contributed by atoms with Crippen LogP contribution >= 0.6 is 11.3 Å². The summed E-state index contributed by atoms with van der Waals surface area (Å²) in [7, 11) is 1.56. The van der Waals surface area contributed by atoms with Crippen LogP contribution in [-0.2, 0) is 16.1 Å². The maximum atomic E-state index is 12.2. The summed E-state index contributed by atoms with van der Waals surface area (Å²) >= 11 is 1.24. The lowest BCUT2D eigenvalue weighted by Crippen LogP contribution is -2.59. The topological polar surface area (TPSA) is 88.5 Å². The summed E-state index contributed by atoms with van der Waals surface area (Å²) in [4.78, 5) is 28.1. The lowest BCUT2D eigenvalue weighted by molar-refractivity contribution is -0.148. The normalized spacial score (nSPS) is 16.7. The molecule has 19 heavy (non-hydrogen) atoms. The highest BCUT2D eigenvalue weighted by atomic mass is 32.1. The van der Waals surface area contributed by atoms with E-state index in [2.05, 4.69) is 10.3 Å². The number of hydrogen-bond donors (Lipinski definition) is 2. The van der Waals surface area contributed by atoms with Crippen LogP contribution in [-0.4, -0.2) is 34.6 Å². The molecule has 1 saturated carbocycles. The third-order valence-electron chi connectivity index (χ3n) is 3.28. The van der Waals surface area contributed by atoms with E-state index in [1.54, 1.807) is 14.0 Å². The lowest BCUT2D eigenvalue weighted by Gasteiger charge is -2.38. The number of carbonyl (C=O) groups is 2. The van der Waals surface area contributed by atoms with E-state index in [0.717, 1.165) is 6.42 Å². The third kappa shape index (κ3) is 2.62. The van der Waals surface area contributed by atoms with E-state index in [9.17, 15) is 14.7 Å². The van der Waals surface area contributed by atoms with Crippen LogP contribution in [0, 0.1) is 6.92 Å². The molecule has 7 heteroatoms. The Labute approximate surface area is 114 Å². The number of aryl methyl sites for hydroxylation is 1. The minimum absolute atomic E-state index is 0.350. The number of nitrogens with one attached hydrogen (secondary N) is 1. The molecule has 1 aliphatic carbocycles. The van der Waals surface area contributed by atoms with Crippen molar-refractivity contribution in [3.8, 4) is 0 Å². The number of amides is 1. The molecule has 0 unspecified atom stereocenters. The molecule has 1 aliphatic rings. The fourth-order valence-corrected chi connectivity index (χ4v) is 2.98. The molecule has 1 aromatic rings. The van der Waals surface area contributed by atoms with E-state index >= 15 is 0 Å². The number of carboxylic acids is 1. The van der Waals surface area contributed by atoms with Gasteiger partial charge in [-0.1, -0.05) is 0 Å². The van der Waals surface area contributed by atoms with Crippen LogP contribution in [0.15, 0.2) is 0 Å². The Balaban J connectivity index is 2.13. The quantitative estimate of drug-likeness (QED) is 0.851. The van der Waals surface area contributed by atoms with E-state index in [1.807, 2.05) is 0 Å². The Morgan fingerprint density at radius 1 is 1.53 bits per heavy atom. The zero-order chi connectivity index (χ0) is 14.0. The molecular weight excluding hydrogens is 268 g/mol. The van der Waals surface area contributed by atoms with Crippen molar-refractivity contribution < 1.29 is 19.4 Å². The molecule has 1 fully saturated rings. The number of carbonyl (C=O) groups excluding carboxylic acids is 1. The van der Waals surface area contributed by atoms with Gasteiger partial charge in [-0.05, 0) is 26.2 Å². The number of hydrogen-bond acceptors (Lipinski definition) is 5. The van der Waals surface area contributed by atoms with E-state index in [1.165, 1.54) is 11.3 Å². The van der Waals surface area contributed by atoms with Gasteiger partial charge < -0.3 is 15.2 Å². The summed E-state index contributed by atoms with van der Waals surface area (Å²) < 4.78 is 4.97. The average Bonchev–Trinajstić information content (AvgIpc) is 2.64. The molecule has 1 aromatic heterocycles. The Morgan fingerprint density at radius 2 is 2.21 bits per heavy atom. The summed E-state index contributed by atoms with van der Waals surface area (Å²) in [6.07, 6.45) is 1.79. The van der Waals surface area contributed by atoms with Gasteiger partial charge in [0.15, 0.2) is 0 Å². The predicted molar refractivity (Wildman–Crippen MR) is 69.2 cm³/mol. The van der Waals surface area contributed by atoms with Crippen molar-refractivity contribution in [3.63, 3.8) is 0 Å². The van der Waals surface area contributed by atoms with Crippen molar-refractivity contribution in [3.05, 3.63) is 15.6 Å². The monoisotopic (exact) mass is 284 g/mol. The molecule has 0 aromatic carbocycles. The highest BCUT2D eigenvalue weighted by Gasteiger charge is 2.46. The van der Waals surface area contributed by atoms with Crippen molar-refractivity contribution in [2.45, 2.75) is 38.3 Å². The molecular formula is C12H16N2O4S. The first-order valence-electron chi connectivity index (χ1n) is 5.99. The third-order valence-corrected chi connectivity index (χ3v) is 4.41. The number of aromatic nitrogens is 1. The minimum atomic E-state index is -1.09. The smallest absolute Gasteiger partial charge is 0.329 e. The summed E-state index contributed by atoms with van der Waals surface area (Å²) in [6, 6.07) is 0. The van der Waals surface area contributed by atoms with E-state index in [0.29, 0.717) is 35.0 Å². The fourth-order valence-electron chi connectivity index (χ4n) is 2.04. The Morgan fingerprint density at radius 3 is 2.68 bits per heavy atom. The number of rotatable bonds is 5. The van der Waals surface area contributed by atoms with Gasteiger partial charge in [-0.2, -0.15) is 0 Å². The Bertz CT molecular complexity index is 508. The predicted octanol–water partition coefficient (Wildman–Crippen LogP) is 1.34. The van der Waals surface area contributed by atoms with Crippen molar-refractivity contribution in [2.75, 3.05) is 7.11 Å². The molecule has 2 N–H and O–H groups in total. The van der Waals surface area contributed by atoms with Gasteiger partial charge in [0.05, 0.1) is 12.3 Å². The van der Waals surface area contributed by atoms with Gasteiger partial charge in [0.2, 0.25) is 0 Å². The molecule has 1 heterocycles. The molecule has 6 nitrogen and oxygen atoms in total. The molecule has 0 bridgehead atoms. The number of ether oxygens (including phenoxy) is 1. The highest BCUT2D eigenvalue weighted by Crippen LogP contribution is 2.33. The van der Waals surface area contributed by atoms with Gasteiger partial charge >= 0.3 is 5.97 Å². The van der Waals surface area contributed by atoms with Crippen molar-refractivity contribution in [1.82, 2.24) is 10.3 Å². The largest absolute Gasteiger partial charge is 0.480 e. The average molecular weight is 284 g/mol. The van der Waals surface area contributed by atoms with Crippen LogP contribution in [0.25, 0.3) is 0 Å². The summed E-state index contributed by atoms with van der Waals surface area (Å²) in [5.41, 5.74) is -0.482. The molecule has 0 spiro atoms.